The number of rotatable bonds is 5. The van der Waals surface area contributed by atoms with E-state index in [-0.39, 0.29) is 0 Å². The summed E-state index contributed by atoms with van der Waals surface area (Å²) in [5.41, 5.74) is 2.79. The first kappa shape index (κ1) is 13.1. The molecule has 1 fully saturated rings. The maximum Gasteiger partial charge on any atom is 0.303 e. The molecule has 1 saturated heterocycles. The smallest absolute Gasteiger partial charge is 0.303 e. The van der Waals surface area contributed by atoms with Gasteiger partial charge in [-0.3, -0.25) is 9.69 Å². The van der Waals surface area contributed by atoms with Gasteiger partial charge in [-0.05, 0) is 36.4 Å². The lowest BCUT2D eigenvalue weighted by Crippen LogP contribution is -2.21. The summed E-state index contributed by atoms with van der Waals surface area (Å²) in [6.45, 7) is 5.08. The SMILES string of the molecule is CCc1ccccc1CN1CCC(CC(=O)O)C1. The molecule has 3 nitrogen and oxygen atoms in total. The van der Waals surface area contributed by atoms with Crippen LogP contribution in [0.1, 0.15) is 30.9 Å². The molecule has 1 atom stereocenters. The van der Waals surface area contributed by atoms with Crippen molar-refractivity contribution in [2.24, 2.45) is 5.92 Å². The third kappa shape index (κ3) is 3.33. The van der Waals surface area contributed by atoms with Gasteiger partial charge >= 0.3 is 5.97 Å². The molecular formula is C15H21NO2. The minimum atomic E-state index is -0.671. The van der Waals surface area contributed by atoms with E-state index in [1.165, 1.54) is 11.1 Å². The zero-order valence-electron chi connectivity index (χ0n) is 10.9. The lowest BCUT2D eigenvalue weighted by atomic mass is 10.0. The van der Waals surface area contributed by atoms with E-state index in [1.54, 1.807) is 0 Å². The number of carboxylic acids is 1. The number of hydrogen-bond donors (Lipinski definition) is 1. The zero-order valence-corrected chi connectivity index (χ0v) is 10.9. The molecule has 0 spiro atoms. The predicted molar refractivity (Wildman–Crippen MR) is 71.5 cm³/mol. The monoisotopic (exact) mass is 247 g/mol. The van der Waals surface area contributed by atoms with E-state index >= 15 is 0 Å². The molecule has 1 aliphatic rings. The summed E-state index contributed by atoms with van der Waals surface area (Å²) in [5, 5.41) is 8.81. The summed E-state index contributed by atoms with van der Waals surface area (Å²) in [6.07, 6.45) is 2.38. The topological polar surface area (TPSA) is 40.5 Å². The van der Waals surface area contributed by atoms with Crippen LogP contribution < -0.4 is 0 Å². The molecule has 0 radical (unpaired) electrons. The fraction of sp³-hybridized carbons (Fsp3) is 0.533. The van der Waals surface area contributed by atoms with Crippen LogP contribution in [0.5, 0.6) is 0 Å². The molecule has 0 aromatic heterocycles. The van der Waals surface area contributed by atoms with E-state index in [9.17, 15) is 4.79 Å². The van der Waals surface area contributed by atoms with Crippen LogP contribution in [0.2, 0.25) is 0 Å². The summed E-state index contributed by atoms with van der Waals surface area (Å²) >= 11 is 0. The van der Waals surface area contributed by atoms with Gasteiger partial charge in [0.05, 0.1) is 0 Å². The second-order valence-electron chi connectivity index (χ2n) is 5.11. The molecule has 1 heterocycles. The minimum Gasteiger partial charge on any atom is -0.481 e. The van der Waals surface area contributed by atoms with Gasteiger partial charge in [-0.25, -0.2) is 0 Å². The third-order valence-corrected chi connectivity index (χ3v) is 3.73. The van der Waals surface area contributed by atoms with Gasteiger partial charge in [0, 0.05) is 19.5 Å². The zero-order chi connectivity index (χ0) is 13.0. The van der Waals surface area contributed by atoms with Crippen LogP contribution in [0.15, 0.2) is 24.3 Å². The summed E-state index contributed by atoms with van der Waals surface area (Å²) in [7, 11) is 0. The Balaban J connectivity index is 1.93. The molecule has 1 aromatic carbocycles. The molecule has 1 aliphatic heterocycles. The van der Waals surface area contributed by atoms with Gasteiger partial charge in [0.2, 0.25) is 0 Å². The van der Waals surface area contributed by atoms with Crippen LogP contribution in [0.25, 0.3) is 0 Å². The van der Waals surface area contributed by atoms with Crippen molar-refractivity contribution < 1.29 is 9.90 Å². The van der Waals surface area contributed by atoms with Crippen LogP contribution in [-0.4, -0.2) is 29.1 Å². The van der Waals surface area contributed by atoms with Crippen LogP contribution in [0, 0.1) is 5.92 Å². The molecule has 0 saturated carbocycles. The molecule has 98 valence electrons. The third-order valence-electron chi connectivity index (χ3n) is 3.73. The van der Waals surface area contributed by atoms with Crippen molar-refractivity contribution >= 4 is 5.97 Å². The van der Waals surface area contributed by atoms with Crippen molar-refractivity contribution in [3.8, 4) is 0 Å². The molecule has 0 amide bonds. The lowest BCUT2D eigenvalue weighted by Gasteiger charge is -2.17. The Morgan fingerprint density at radius 2 is 2.11 bits per heavy atom. The average molecular weight is 247 g/mol. The Morgan fingerprint density at radius 1 is 1.39 bits per heavy atom. The maximum absolute atomic E-state index is 10.7. The summed E-state index contributed by atoms with van der Waals surface area (Å²) in [4.78, 5) is 13.1. The highest BCUT2D eigenvalue weighted by molar-refractivity contribution is 5.67. The van der Waals surface area contributed by atoms with Crippen molar-refractivity contribution in [1.82, 2.24) is 4.90 Å². The van der Waals surface area contributed by atoms with Crippen molar-refractivity contribution in [2.45, 2.75) is 32.7 Å². The van der Waals surface area contributed by atoms with Gasteiger partial charge in [0.25, 0.3) is 0 Å². The molecular weight excluding hydrogens is 226 g/mol. The van der Waals surface area contributed by atoms with Gasteiger partial charge in [-0.15, -0.1) is 0 Å². The van der Waals surface area contributed by atoms with Crippen LogP contribution in [0.3, 0.4) is 0 Å². The highest BCUT2D eigenvalue weighted by Crippen LogP contribution is 2.22. The van der Waals surface area contributed by atoms with Crippen LogP contribution >= 0.6 is 0 Å². The molecule has 3 heteroatoms. The highest BCUT2D eigenvalue weighted by atomic mass is 16.4. The number of benzene rings is 1. The van der Waals surface area contributed by atoms with E-state index in [1.807, 2.05) is 0 Å². The van der Waals surface area contributed by atoms with Crippen molar-refractivity contribution in [3.05, 3.63) is 35.4 Å². The number of hydrogen-bond acceptors (Lipinski definition) is 2. The van der Waals surface area contributed by atoms with Crippen LogP contribution in [0.4, 0.5) is 0 Å². The van der Waals surface area contributed by atoms with Gasteiger partial charge < -0.3 is 5.11 Å². The van der Waals surface area contributed by atoms with E-state index < -0.39 is 5.97 Å². The normalized spacial score (nSPS) is 20.2. The Morgan fingerprint density at radius 3 is 2.78 bits per heavy atom. The van der Waals surface area contributed by atoms with Gasteiger partial charge in [0.1, 0.15) is 0 Å². The second-order valence-corrected chi connectivity index (χ2v) is 5.11. The molecule has 1 N–H and O–H groups in total. The first-order valence-corrected chi connectivity index (χ1v) is 6.70. The Hall–Kier alpha value is -1.35. The number of nitrogens with zero attached hydrogens (tertiary/aromatic N) is 1. The van der Waals surface area contributed by atoms with Gasteiger partial charge in [-0.2, -0.15) is 0 Å². The molecule has 0 bridgehead atoms. The minimum absolute atomic E-state index is 0.311. The second kappa shape index (κ2) is 6.01. The molecule has 0 aliphatic carbocycles. The standard InChI is InChI=1S/C15H21NO2/c1-2-13-5-3-4-6-14(13)11-16-8-7-12(10-16)9-15(17)18/h3-6,12H,2,7-11H2,1H3,(H,17,18). The largest absolute Gasteiger partial charge is 0.481 e. The van der Waals surface area contributed by atoms with Crippen molar-refractivity contribution in [3.63, 3.8) is 0 Å². The average Bonchev–Trinajstić information content (AvgIpc) is 2.76. The number of aliphatic carboxylic acids is 1. The quantitative estimate of drug-likeness (QED) is 0.869. The fourth-order valence-electron chi connectivity index (χ4n) is 2.77. The summed E-state index contributed by atoms with van der Waals surface area (Å²) < 4.78 is 0. The first-order valence-electron chi connectivity index (χ1n) is 6.70. The summed E-state index contributed by atoms with van der Waals surface area (Å²) in [6, 6.07) is 8.53. The maximum atomic E-state index is 10.7. The number of carbonyl (C=O) groups is 1. The molecule has 1 unspecified atom stereocenters. The van der Waals surface area contributed by atoms with E-state index in [2.05, 4.69) is 36.1 Å². The molecule has 18 heavy (non-hydrogen) atoms. The van der Waals surface area contributed by atoms with E-state index in [0.29, 0.717) is 12.3 Å². The van der Waals surface area contributed by atoms with Crippen LogP contribution in [-0.2, 0) is 17.8 Å². The van der Waals surface area contributed by atoms with Crippen molar-refractivity contribution in [2.75, 3.05) is 13.1 Å². The molecule has 2 rings (SSSR count). The Labute approximate surface area is 108 Å². The Kier molecular flexibility index (Phi) is 4.37. The predicted octanol–water partition coefficient (Wildman–Crippen LogP) is 2.55. The molecule has 1 aromatic rings. The number of aryl methyl sites for hydroxylation is 1. The number of carboxylic acid groups (broad SMARTS) is 1. The highest BCUT2D eigenvalue weighted by Gasteiger charge is 2.24. The number of likely N-dealkylation sites (tertiary alicyclic amines) is 1. The van der Waals surface area contributed by atoms with E-state index in [0.717, 1.165) is 32.5 Å². The van der Waals surface area contributed by atoms with Gasteiger partial charge in [0.15, 0.2) is 0 Å². The van der Waals surface area contributed by atoms with Gasteiger partial charge in [-0.1, -0.05) is 31.2 Å². The fourth-order valence-corrected chi connectivity index (χ4v) is 2.77. The van der Waals surface area contributed by atoms with Crippen molar-refractivity contribution in [1.29, 1.82) is 0 Å². The lowest BCUT2D eigenvalue weighted by molar-refractivity contribution is -0.138. The first-order chi connectivity index (χ1) is 8.69. The van der Waals surface area contributed by atoms with E-state index in [4.69, 9.17) is 5.11 Å². The Bertz CT molecular complexity index is 417. The summed E-state index contributed by atoms with van der Waals surface area (Å²) in [5.74, 6) is -0.341.